The quantitative estimate of drug-likeness (QED) is 0.758. The molecule has 0 amide bonds. The molecule has 0 heterocycles. The van der Waals surface area contributed by atoms with E-state index in [2.05, 4.69) is 16.6 Å². The molecule has 1 N–H and O–H groups in total. The number of ether oxygens (including phenoxy) is 1. The fraction of sp³-hybridized carbons (Fsp3) is 0.273. The molecule has 1 unspecified atom stereocenters. The predicted octanol–water partition coefficient (Wildman–Crippen LogP) is 3.27. The number of para-hydroxylation sites is 2. The van der Waals surface area contributed by atoms with Gasteiger partial charge in [-0.3, -0.25) is 0 Å². The summed E-state index contributed by atoms with van der Waals surface area (Å²) in [6.07, 6.45) is 1.68. The van der Waals surface area contributed by atoms with Crippen molar-refractivity contribution in [3.63, 3.8) is 0 Å². The Kier molecular flexibility index (Phi) is 4.09. The van der Waals surface area contributed by atoms with Crippen LogP contribution in [0.25, 0.3) is 0 Å². The molecule has 82 valence electrons. The summed E-state index contributed by atoms with van der Waals surface area (Å²) in [5.74, 6) is 0.140. The summed E-state index contributed by atoms with van der Waals surface area (Å²) in [5.41, 5.74) is 0.533. The second-order valence-corrected chi connectivity index (χ2v) is 3.04. The highest BCUT2D eigenvalue weighted by molar-refractivity contribution is 5.57. The molecule has 0 aromatic heterocycles. The van der Waals surface area contributed by atoms with E-state index in [1.807, 2.05) is 6.92 Å². The summed E-state index contributed by atoms with van der Waals surface area (Å²) < 4.78 is 28.5. The normalized spacial score (nSPS) is 12.3. The van der Waals surface area contributed by atoms with E-state index in [4.69, 9.17) is 0 Å². The second-order valence-electron chi connectivity index (χ2n) is 3.04. The predicted molar refractivity (Wildman–Crippen MR) is 56.4 cm³/mol. The minimum atomic E-state index is -2.81. The van der Waals surface area contributed by atoms with Crippen LogP contribution in [0.3, 0.4) is 0 Å². The molecule has 4 heteroatoms. The number of nitrogens with one attached hydrogen (secondary N) is 1. The average Bonchev–Trinajstić information content (AvgIpc) is 2.20. The maximum Gasteiger partial charge on any atom is 0.387 e. The van der Waals surface area contributed by atoms with Crippen molar-refractivity contribution >= 4 is 5.69 Å². The van der Waals surface area contributed by atoms with Crippen LogP contribution in [0.1, 0.15) is 6.92 Å². The Labute approximate surface area is 87.6 Å². The van der Waals surface area contributed by atoms with Crippen LogP contribution in [0.15, 0.2) is 36.9 Å². The second kappa shape index (κ2) is 5.34. The fourth-order valence-corrected chi connectivity index (χ4v) is 1.09. The van der Waals surface area contributed by atoms with E-state index >= 15 is 0 Å². The molecule has 0 aliphatic carbocycles. The number of alkyl halides is 2. The fourth-order valence-electron chi connectivity index (χ4n) is 1.09. The number of hydrogen-bond acceptors (Lipinski definition) is 2. The molecule has 0 saturated carbocycles. The minimum Gasteiger partial charge on any atom is -0.433 e. The maximum atomic E-state index is 12.0. The van der Waals surface area contributed by atoms with Gasteiger partial charge in [0.15, 0.2) is 0 Å². The van der Waals surface area contributed by atoms with Crippen molar-refractivity contribution in [2.45, 2.75) is 19.6 Å². The Balaban J connectivity index is 2.81. The Hall–Kier alpha value is -1.58. The molecule has 15 heavy (non-hydrogen) atoms. The smallest absolute Gasteiger partial charge is 0.387 e. The van der Waals surface area contributed by atoms with Crippen LogP contribution in [0.5, 0.6) is 5.75 Å². The van der Waals surface area contributed by atoms with E-state index in [9.17, 15) is 8.78 Å². The van der Waals surface area contributed by atoms with Gasteiger partial charge in [0, 0.05) is 6.04 Å². The van der Waals surface area contributed by atoms with E-state index < -0.39 is 6.61 Å². The Morgan fingerprint density at radius 2 is 2.07 bits per heavy atom. The van der Waals surface area contributed by atoms with Crippen LogP contribution in [0.4, 0.5) is 14.5 Å². The van der Waals surface area contributed by atoms with Crippen LogP contribution in [-0.2, 0) is 0 Å². The van der Waals surface area contributed by atoms with Gasteiger partial charge in [-0.1, -0.05) is 18.2 Å². The van der Waals surface area contributed by atoms with Crippen molar-refractivity contribution in [3.8, 4) is 5.75 Å². The molecule has 0 fully saturated rings. The molecule has 1 aromatic rings. The number of benzene rings is 1. The zero-order valence-electron chi connectivity index (χ0n) is 8.41. The molecule has 0 aliphatic heterocycles. The Bertz CT molecular complexity index is 328. The van der Waals surface area contributed by atoms with Crippen molar-refractivity contribution in [3.05, 3.63) is 36.9 Å². The lowest BCUT2D eigenvalue weighted by Gasteiger charge is -2.15. The van der Waals surface area contributed by atoms with E-state index in [1.165, 1.54) is 6.07 Å². The van der Waals surface area contributed by atoms with Gasteiger partial charge in [-0.2, -0.15) is 8.78 Å². The van der Waals surface area contributed by atoms with Crippen molar-refractivity contribution in [1.82, 2.24) is 0 Å². The monoisotopic (exact) mass is 213 g/mol. The summed E-state index contributed by atoms with van der Waals surface area (Å²) in [6.45, 7) is 2.65. The topological polar surface area (TPSA) is 21.3 Å². The summed E-state index contributed by atoms with van der Waals surface area (Å²) in [7, 11) is 0. The third-order valence-electron chi connectivity index (χ3n) is 1.84. The molecule has 0 radical (unpaired) electrons. The third-order valence-corrected chi connectivity index (χ3v) is 1.84. The summed E-state index contributed by atoms with van der Waals surface area (Å²) >= 11 is 0. The lowest BCUT2D eigenvalue weighted by atomic mass is 10.2. The molecular formula is C11H13F2NO. The van der Waals surface area contributed by atoms with Crippen LogP contribution < -0.4 is 10.1 Å². The van der Waals surface area contributed by atoms with Crippen LogP contribution in [-0.4, -0.2) is 12.7 Å². The van der Waals surface area contributed by atoms with E-state index in [0.29, 0.717) is 5.69 Å². The van der Waals surface area contributed by atoms with Gasteiger partial charge in [-0.15, -0.1) is 6.58 Å². The number of anilines is 1. The van der Waals surface area contributed by atoms with E-state index in [1.54, 1.807) is 24.3 Å². The number of rotatable bonds is 5. The highest BCUT2D eigenvalue weighted by atomic mass is 19.3. The summed E-state index contributed by atoms with van der Waals surface area (Å²) in [5, 5.41) is 2.99. The van der Waals surface area contributed by atoms with Gasteiger partial charge in [0.1, 0.15) is 5.75 Å². The molecule has 0 aliphatic rings. The first-order valence-corrected chi connectivity index (χ1v) is 4.56. The lowest BCUT2D eigenvalue weighted by Crippen LogP contribution is -2.13. The number of hydrogen-bond donors (Lipinski definition) is 1. The van der Waals surface area contributed by atoms with Gasteiger partial charge in [0.05, 0.1) is 5.69 Å². The Morgan fingerprint density at radius 1 is 1.40 bits per heavy atom. The van der Waals surface area contributed by atoms with Crippen molar-refractivity contribution in [2.24, 2.45) is 0 Å². The van der Waals surface area contributed by atoms with Crippen molar-refractivity contribution in [2.75, 3.05) is 5.32 Å². The van der Waals surface area contributed by atoms with E-state index in [-0.39, 0.29) is 11.8 Å². The SMILES string of the molecule is C=CC(C)Nc1ccccc1OC(F)F. The molecule has 2 nitrogen and oxygen atoms in total. The zero-order valence-corrected chi connectivity index (χ0v) is 8.41. The van der Waals surface area contributed by atoms with Crippen LogP contribution >= 0.6 is 0 Å². The number of halogens is 2. The first-order chi connectivity index (χ1) is 7.13. The molecule has 1 atom stereocenters. The van der Waals surface area contributed by atoms with Crippen molar-refractivity contribution < 1.29 is 13.5 Å². The lowest BCUT2D eigenvalue weighted by molar-refractivity contribution is -0.0493. The van der Waals surface area contributed by atoms with Gasteiger partial charge < -0.3 is 10.1 Å². The zero-order chi connectivity index (χ0) is 11.3. The van der Waals surface area contributed by atoms with Crippen LogP contribution in [0, 0.1) is 0 Å². The molecular weight excluding hydrogens is 200 g/mol. The summed E-state index contributed by atoms with van der Waals surface area (Å²) in [6, 6.07) is 6.55. The van der Waals surface area contributed by atoms with Crippen molar-refractivity contribution in [1.29, 1.82) is 0 Å². The van der Waals surface area contributed by atoms with E-state index in [0.717, 1.165) is 0 Å². The molecule has 1 aromatic carbocycles. The van der Waals surface area contributed by atoms with Gasteiger partial charge >= 0.3 is 6.61 Å². The molecule has 0 spiro atoms. The average molecular weight is 213 g/mol. The minimum absolute atomic E-state index is 0.00702. The molecule has 0 saturated heterocycles. The molecule has 0 bridgehead atoms. The van der Waals surface area contributed by atoms with Crippen LogP contribution in [0.2, 0.25) is 0 Å². The molecule has 1 rings (SSSR count). The van der Waals surface area contributed by atoms with Gasteiger partial charge in [0.2, 0.25) is 0 Å². The highest BCUT2D eigenvalue weighted by Gasteiger charge is 2.09. The largest absolute Gasteiger partial charge is 0.433 e. The Morgan fingerprint density at radius 3 is 2.67 bits per heavy atom. The first kappa shape index (κ1) is 11.5. The van der Waals surface area contributed by atoms with Gasteiger partial charge in [-0.05, 0) is 19.1 Å². The van der Waals surface area contributed by atoms with Gasteiger partial charge in [-0.25, -0.2) is 0 Å². The first-order valence-electron chi connectivity index (χ1n) is 4.56. The van der Waals surface area contributed by atoms with Gasteiger partial charge in [0.25, 0.3) is 0 Å². The maximum absolute atomic E-state index is 12.0. The standard InChI is InChI=1S/C11H13F2NO/c1-3-8(2)14-9-6-4-5-7-10(9)15-11(12)13/h3-8,11,14H,1H2,2H3. The summed E-state index contributed by atoms with van der Waals surface area (Å²) in [4.78, 5) is 0. The third kappa shape index (κ3) is 3.58. The highest BCUT2D eigenvalue weighted by Crippen LogP contribution is 2.25.